The third-order valence-electron chi connectivity index (χ3n) is 3.74. The van der Waals surface area contributed by atoms with Crippen LogP contribution < -0.4 is 25.8 Å². The summed E-state index contributed by atoms with van der Waals surface area (Å²) in [6.07, 6.45) is 0. The highest BCUT2D eigenvalue weighted by Gasteiger charge is 2.23. The van der Waals surface area contributed by atoms with E-state index in [-0.39, 0.29) is 11.4 Å². The van der Waals surface area contributed by atoms with Gasteiger partial charge in [0.25, 0.3) is 0 Å². The van der Waals surface area contributed by atoms with Gasteiger partial charge in [0, 0.05) is 17.3 Å². The minimum Gasteiger partial charge on any atom is -0.491 e. The van der Waals surface area contributed by atoms with Crippen LogP contribution in [0.2, 0.25) is 0 Å². The van der Waals surface area contributed by atoms with Gasteiger partial charge in [0.15, 0.2) is 17.3 Å². The van der Waals surface area contributed by atoms with E-state index in [1.165, 1.54) is 38.3 Å². The second kappa shape index (κ2) is 8.35. The molecule has 2 rings (SSSR count). The Morgan fingerprint density at radius 1 is 1.07 bits per heavy atom. The summed E-state index contributed by atoms with van der Waals surface area (Å²) in [5, 5.41) is 5.31. The molecular formula is C18H19F2N3O4. The van der Waals surface area contributed by atoms with Crippen LogP contribution in [0.1, 0.15) is 17.3 Å². The van der Waals surface area contributed by atoms with Crippen LogP contribution in [0, 0.1) is 11.6 Å². The van der Waals surface area contributed by atoms with Crippen molar-refractivity contribution in [2.24, 2.45) is 5.73 Å². The molecule has 2 aromatic rings. The number of halogens is 2. The number of anilines is 2. The third kappa shape index (κ3) is 4.43. The summed E-state index contributed by atoms with van der Waals surface area (Å²) in [4.78, 5) is 23.4. The summed E-state index contributed by atoms with van der Waals surface area (Å²) in [6, 6.07) is 6.07. The molecule has 2 aromatic carbocycles. The van der Waals surface area contributed by atoms with E-state index in [0.29, 0.717) is 11.3 Å². The van der Waals surface area contributed by atoms with Gasteiger partial charge in [-0.15, -0.1) is 0 Å². The highest BCUT2D eigenvalue weighted by Crippen LogP contribution is 2.36. The Morgan fingerprint density at radius 3 is 2.19 bits per heavy atom. The number of benzene rings is 2. The van der Waals surface area contributed by atoms with E-state index in [1.54, 1.807) is 0 Å². The van der Waals surface area contributed by atoms with E-state index in [4.69, 9.17) is 10.5 Å². The maximum atomic E-state index is 14.2. The van der Waals surface area contributed by atoms with Crippen molar-refractivity contribution in [2.45, 2.75) is 13.0 Å². The average molecular weight is 379 g/mol. The third-order valence-corrected chi connectivity index (χ3v) is 3.74. The SMILES string of the molecule is COc1c(F)cc(NC(C)C(=O)Nc2ccc(C(N)=O)cc2)c(OC)c1F. The lowest BCUT2D eigenvalue weighted by atomic mass is 10.2. The van der Waals surface area contributed by atoms with E-state index in [2.05, 4.69) is 15.4 Å². The normalized spacial score (nSPS) is 11.4. The molecule has 1 unspecified atom stereocenters. The molecule has 0 aliphatic carbocycles. The number of hydrogen-bond acceptors (Lipinski definition) is 5. The van der Waals surface area contributed by atoms with E-state index in [0.717, 1.165) is 13.2 Å². The number of carbonyl (C=O) groups excluding carboxylic acids is 2. The molecule has 0 aromatic heterocycles. The fourth-order valence-corrected chi connectivity index (χ4v) is 2.35. The molecule has 0 saturated heterocycles. The molecule has 9 heteroatoms. The lowest BCUT2D eigenvalue weighted by molar-refractivity contribution is -0.116. The van der Waals surface area contributed by atoms with Crippen LogP contribution in [0.4, 0.5) is 20.2 Å². The van der Waals surface area contributed by atoms with Crippen molar-refractivity contribution in [3.8, 4) is 11.5 Å². The second-order valence-electron chi connectivity index (χ2n) is 5.58. The van der Waals surface area contributed by atoms with Crippen LogP contribution in [-0.4, -0.2) is 32.1 Å². The van der Waals surface area contributed by atoms with Gasteiger partial charge < -0.3 is 25.8 Å². The van der Waals surface area contributed by atoms with E-state index in [9.17, 15) is 18.4 Å². The Balaban J connectivity index is 2.15. The molecule has 7 nitrogen and oxygen atoms in total. The summed E-state index contributed by atoms with van der Waals surface area (Å²) in [5.41, 5.74) is 5.84. The van der Waals surface area contributed by atoms with Crippen molar-refractivity contribution >= 4 is 23.2 Å². The molecule has 1 atom stereocenters. The molecule has 0 aliphatic heterocycles. The molecule has 0 bridgehead atoms. The molecule has 2 amide bonds. The number of carbonyl (C=O) groups is 2. The van der Waals surface area contributed by atoms with E-state index >= 15 is 0 Å². The average Bonchev–Trinajstić information content (AvgIpc) is 2.62. The van der Waals surface area contributed by atoms with Crippen molar-refractivity contribution in [1.82, 2.24) is 0 Å². The minimum absolute atomic E-state index is 0.0416. The van der Waals surface area contributed by atoms with Gasteiger partial charge in [0.2, 0.25) is 17.6 Å². The van der Waals surface area contributed by atoms with Crippen molar-refractivity contribution < 1.29 is 27.8 Å². The van der Waals surface area contributed by atoms with Crippen molar-refractivity contribution in [3.63, 3.8) is 0 Å². The number of ether oxygens (including phenoxy) is 2. The Morgan fingerprint density at radius 2 is 1.67 bits per heavy atom. The van der Waals surface area contributed by atoms with Crippen molar-refractivity contribution in [3.05, 3.63) is 47.5 Å². The lowest BCUT2D eigenvalue weighted by Gasteiger charge is -2.19. The Bertz CT molecular complexity index is 857. The highest BCUT2D eigenvalue weighted by molar-refractivity contribution is 5.97. The first-order valence-corrected chi connectivity index (χ1v) is 7.85. The Labute approximate surface area is 154 Å². The standard InChI is InChI=1S/C18H19F2N3O4/c1-9(18(25)23-11-6-4-10(5-7-11)17(21)24)22-13-8-12(19)15(26-2)14(20)16(13)27-3/h4-9,22H,1-3H3,(H2,21,24)(H,23,25). The topological polar surface area (TPSA) is 103 Å². The summed E-state index contributed by atoms with van der Waals surface area (Å²) in [7, 11) is 2.35. The zero-order valence-electron chi connectivity index (χ0n) is 14.9. The van der Waals surface area contributed by atoms with Gasteiger partial charge >= 0.3 is 0 Å². The maximum absolute atomic E-state index is 14.2. The first-order chi connectivity index (χ1) is 12.8. The number of nitrogens with two attached hydrogens (primary N) is 1. The van der Waals surface area contributed by atoms with Gasteiger partial charge in [0.05, 0.1) is 19.9 Å². The van der Waals surface area contributed by atoms with Gasteiger partial charge in [-0.2, -0.15) is 4.39 Å². The van der Waals surface area contributed by atoms with Gasteiger partial charge in [0.1, 0.15) is 6.04 Å². The van der Waals surface area contributed by atoms with Gasteiger partial charge in [-0.1, -0.05) is 0 Å². The van der Waals surface area contributed by atoms with Gasteiger partial charge in [-0.25, -0.2) is 4.39 Å². The van der Waals surface area contributed by atoms with Crippen LogP contribution in [0.5, 0.6) is 11.5 Å². The summed E-state index contributed by atoms with van der Waals surface area (Å²) >= 11 is 0. The van der Waals surface area contributed by atoms with E-state index < -0.39 is 35.2 Å². The van der Waals surface area contributed by atoms with Crippen LogP contribution in [-0.2, 0) is 4.79 Å². The number of nitrogens with one attached hydrogen (secondary N) is 2. The summed E-state index contributed by atoms with van der Waals surface area (Å²) in [5.74, 6) is -3.87. The lowest BCUT2D eigenvalue weighted by Crippen LogP contribution is -2.32. The molecule has 4 N–H and O–H groups in total. The maximum Gasteiger partial charge on any atom is 0.248 e. The van der Waals surface area contributed by atoms with Crippen molar-refractivity contribution in [2.75, 3.05) is 24.9 Å². The number of primary amides is 1. The zero-order valence-corrected chi connectivity index (χ0v) is 14.9. The highest BCUT2D eigenvalue weighted by atomic mass is 19.1. The largest absolute Gasteiger partial charge is 0.491 e. The zero-order chi connectivity index (χ0) is 20.1. The number of rotatable bonds is 7. The summed E-state index contributed by atoms with van der Waals surface area (Å²) in [6.45, 7) is 1.51. The smallest absolute Gasteiger partial charge is 0.248 e. The van der Waals surface area contributed by atoms with Crippen LogP contribution in [0.3, 0.4) is 0 Å². The van der Waals surface area contributed by atoms with Crippen LogP contribution >= 0.6 is 0 Å². The molecule has 0 aliphatic rings. The molecule has 144 valence electrons. The van der Waals surface area contributed by atoms with Crippen molar-refractivity contribution in [1.29, 1.82) is 0 Å². The fourth-order valence-electron chi connectivity index (χ4n) is 2.35. The number of amides is 2. The monoisotopic (exact) mass is 379 g/mol. The first-order valence-electron chi connectivity index (χ1n) is 7.85. The fraction of sp³-hybridized carbons (Fsp3) is 0.222. The summed E-state index contributed by atoms with van der Waals surface area (Å²) < 4.78 is 37.8. The minimum atomic E-state index is -1.02. The molecule has 0 fully saturated rings. The molecule has 0 heterocycles. The van der Waals surface area contributed by atoms with Gasteiger partial charge in [-0.05, 0) is 31.2 Å². The quantitative estimate of drug-likeness (QED) is 0.686. The van der Waals surface area contributed by atoms with Crippen LogP contribution in [0.25, 0.3) is 0 Å². The molecule has 0 spiro atoms. The number of hydrogen-bond donors (Lipinski definition) is 3. The predicted molar refractivity (Wildman–Crippen MR) is 96.1 cm³/mol. The predicted octanol–water partition coefficient (Wildman–Crippen LogP) is 2.52. The molecule has 0 saturated carbocycles. The molecule has 27 heavy (non-hydrogen) atoms. The second-order valence-corrected chi connectivity index (χ2v) is 5.58. The van der Waals surface area contributed by atoms with Crippen LogP contribution in [0.15, 0.2) is 30.3 Å². The Kier molecular flexibility index (Phi) is 6.17. The first kappa shape index (κ1) is 20.0. The van der Waals surface area contributed by atoms with Gasteiger partial charge in [-0.3, -0.25) is 9.59 Å². The molecular weight excluding hydrogens is 360 g/mol. The number of methoxy groups -OCH3 is 2. The molecule has 0 radical (unpaired) electrons. The Hall–Kier alpha value is -3.36. The van der Waals surface area contributed by atoms with E-state index in [1.807, 2.05) is 0 Å².